The maximum absolute atomic E-state index is 11.6. The van der Waals surface area contributed by atoms with Crippen molar-refractivity contribution in [3.05, 3.63) is 57.5 Å². The molecule has 0 atom stereocenters. The van der Waals surface area contributed by atoms with Gasteiger partial charge in [-0.1, -0.05) is 35.1 Å². The van der Waals surface area contributed by atoms with Gasteiger partial charge in [0.25, 0.3) is 5.56 Å². The molecule has 1 aromatic carbocycles. The Bertz CT molecular complexity index is 816. The van der Waals surface area contributed by atoms with Crippen LogP contribution in [0.3, 0.4) is 0 Å². The highest BCUT2D eigenvalue weighted by Crippen LogP contribution is 2.15. The Balaban J connectivity index is 1.47. The number of anilines is 1. The van der Waals surface area contributed by atoms with Crippen LogP contribution >= 0.6 is 22.9 Å². The molecule has 0 fully saturated rings. The predicted molar refractivity (Wildman–Crippen MR) is 86.7 cm³/mol. The second-order valence-electron chi connectivity index (χ2n) is 4.49. The first kappa shape index (κ1) is 15.0. The van der Waals surface area contributed by atoms with Crippen LogP contribution in [0.5, 0.6) is 0 Å². The number of rotatable bonds is 6. The summed E-state index contributed by atoms with van der Waals surface area (Å²) in [6, 6.07) is 8.92. The van der Waals surface area contributed by atoms with Gasteiger partial charge in [0.15, 0.2) is 0 Å². The quantitative estimate of drug-likeness (QED) is 0.700. The molecule has 0 unspecified atom stereocenters. The Labute approximate surface area is 135 Å². The van der Waals surface area contributed by atoms with Gasteiger partial charge < -0.3 is 10.1 Å². The minimum atomic E-state index is -0.187. The highest BCUT2D eigenvalue weighted by molar-refractivity contribution is 7.20. The molecule has 0 saturated heterocycles. The summed E-state index contributed by atoms with van der Waals surface area (Å²) in [6.07, 6.45) is 1.48. The van der Waals surface area contributed by atoms with E-state index in [4.69, 9.17) is 16.3 Å². The Morgan fingerprint density at radius 2 is 2.09 bits per heavy atom. The number of hydrogen-bond acceptors (Lipinski definition) is 6. The van der Waals surface area contributed by atoms with Crippen LogP contribution < -0.4 is 10.9 Å². The van der Waals surface area contributed by atoms with E-state index in [-0.39, 0.29) is 5.56 Å². The van der Waals surface area contributed by atoms with Gasteiger partial charge in [-0.3, -0.25) is 4.79 Å². The highest BCUT2D eigenvalue weighted by atomic mass is 35.5. The zero-order valence-corrected chi connectivity index (χ0v) is 13.1. The number of fused-ring (bicyclic) bond motifs is 1. The Hall–Kier alpha value is -1.96. The van der Waals surface area contributed by atoms with Gasteiger partial charge in [-0.25, -0.2) is 4.98 Å². The van der Waals surface area contributed by atoms with Gasteiger partial charge >= 0.3 is 0 Å². The third-order valence-electron chi connectivity index (χ3n) is 2.88. The molecule has 114 valence electrons. The minimum absolute atomic E-state index is 0.187. The average Bonchev–Trinajstić information content (AvgIpc) is 2.93. The third kappa shape index (κ3) is 3.62. The molecule has 8 heteroatoms. The maximum Gasteiger partial charge on any atom is 0.275 e. The Morgan fingerprint density at radius 3 is 2.86 bits per heavy atom. The van der Waals surface area contributed by atoms with Gasteiger partial charge in [0.1, 0.15) is 0 Å². The number of benzene rings is 1. The van der Waals surface area contributed by atoms with Crippen molar-refractivity contribution < 1.29 is 4.74 Å². The second kappa shape index (κ2) is 6.87. The summed E-state index contributed by atoms with van der Waals surface area (Å²) >= 11 is 7.15. The van der Waals surface area contributed by atoms with Crippen LogP contribution in [0.25, 0.3) is 4.96 Å². The summed E-state index contributed by atoms with van der Waals surface area (Å²) in [4.78, 5) is 16.2. The molecular weight excluding hydrogens is 324 g/mol. The standard InChI is InChI=1S/C14H13ClN4O2S/c15-11-3-1-10(2-4-11)9-21-8-7-16-13-18-19-12(20)5-6-17-14(19)22-13/h1-6H,7-9H2,(H,16,18). The molecule has 0 spiro atoms. The van der Waals surface area contributed by atoms with Crippen LogP contribution in [0, 0.1) is 0 Å². The summed E-state index contributed by atoms with van der Waals surface area (Å²) in [7, 11) is 0. The van der Waals surface area contributed by atoms with E-state index in [0.717, 1.165) is 5.56 Å². The molecule has 2 aromatic heterocycles. The second-order valence-corrected chi connectivity index (χ2v) is 5.88. The molecule has 0 radical (unpaired) electrons. The zero-order valence-electron chi connectivity index (χ0n) is 11.5. The monoisotopic (exact) mass is 336 g/mol. The molecule has 0 saturated carbocycles. The molecule has 0 bridgehead atoms. The molecule has 0 aliphatic carbocycles. The van der Waals surface area contributed by atoms with E-state index in [0.29, 0.717) is 34.9 Å². The first-order chi connectivity index (χ1) is 10.7. The van der Waals surface area contributed by atoms with E-state index < -0.39 is 0 Å². The topological polar surface area (TPSA) is 68.5 Å². The number of hydrogen-bond donors (Lipinski definition) is 1. The largest absolute Gasteiger partial charge is 0.375 e. The first-order valence-corrected chi connectivity index (χ1v) is 7.83. The van der Waals surface area contributed by atoms with Crippen LogP contribution in [0.2, 0.25) is 5.02 Å². The van der Waals surface area contributed by atoms with Crippen molar-refractivity contribution in [2.45, 2.75) is 6.61 Å². The van der Waals surface area contributed by atoms with Gasteiger partial charge in [0.05, 0.1) is 13.2 Å². The average molecular weight is 337 g/mol. The van der Waals surface area contributed by atoms with Crippen LogP contribution in [-0.2, 0) is 11.3 Å². The van der Waals surface area contributed by atoms with Crippen molar-refractivity contribution in [1.82, 2.24) is 14.6 Å². The molecule has 3 rings (SSSR count). The Morgan fingerprint density at radius 1 is 1.27 bits per heavy atom. The third-order valence-corrected chi connectivity index (χ3v) is 4.01. The zero-order chi connectivity index (χ0) is 15.4. The summed E-state index contributed by atoms with van der Waals surface area (Å²) in [6.45, 7) is 1.66. The van der Waals surface area contributed by atoms with Gasteiger partial charge in [-0.2, -0.15) is 4.52 Å². The molecule has 1 N–H and O–H groups in total. The number of ether oxygens (including phenoxy) is 1. The van der Waals surface area contributed by atoms with E-state index in [9.17, 15) is 4.79 Å². The van der Waals surface area contributed by atoms with Gasteiger partial charge in [-0.05, 0) is 17.7 Å². The number of nitrogens with zero attached hydrogens (tertiary/aromatic N) is 3. The number of aromatic nitrogens is 3. The highest BCUT2D eigenvalue weighted by Gasteiger charge is 2.04. The lowest BCUT2D eigenvalue weighted by Gasteiger charge is -2.05. The summed E-state index contributed by atoms with van der Waals surface area (Å²) < 4.78 is 6.85. The number of halogens is 1. The fourth-order valence-electron chi connectivity index (χ4n) is 1.82. The van der Waals surface area contributed by atoms with Crippen molar-refractivity contribution in [3.63, 3.8) is 0 Å². The van der Waals surface area contributed by atoms with Gasteiger partial charge in [0, 0.05) is 23.8 Å². The lowest BCUT2D eigenvalue weighted by atomic mass is 10.2. The summed E-state index contributed by atoms with van der Waals surface area (Å²) in [5, 5.41) is 8.63. The molecule has 0 aliphatic heterocycles. The summed E-state index contributed by atoms with van der Waals surface area (Å²) in [5.41, 5.74) is 0.883. The molecule has 0 amide bonds. The molecule has 0 aliphatic rings. The molecular formula is C14H13ClN4O2S. The summed E-state index contributed by atoms with van der Waals surface area (Å²) in [5.74, 6) is 0. The van der Waals surface area contributed by atoms with Crippen molar-refractivity contribution >= 4 is 33.0 Å². The van der Waals surface area contributed by atoms with E-state index >= 15 is 0 Å². The van der Waals surface area contributed by atoms with E-state index in [2.05, 4.69) is 15.4 Å². The Kier molecular flexibility index (Phi) is 4.67. The van der Waals surface area contributed by atoms with E-state index in [1.165, 1.54) is 28.1 Å². The fraction of sp³-hybridized carbons (Fsp3) is 0.214. The first-order valence-electron chi connectivity index (χ1n) is 6.63. The maximum atomic E-state index is 11.6. The molecule has 3 aromatic rings. The fourth-order valence-corrected chi connectivity index (χ4v) is 2.74. The smallest absolute Gasteiger partial charge is 0.275 e. The predicted octanol–water partition coefficient (Wildman–Crippen LogP) is 2.43. The van der Waals surface area contributed by atoms with Crippen molar-refractivity contribution in [2.24, 2.45) is 0 Å². The normalized spacial score (nSPS) is 11.0. The van der Waals surface area contributed by atoms with Crippen LogP contribution in [0.1, 0.15) is 5.56 Å². The van der Waals surface area contributed by atoms with Crippen molar-refractivity contribution in [3.8, 4) is 0 Å². The molecule has 22 heavy (non-hydrogen) atoms. The van der Waals surface area contributed by atoms with Crippen LogP contribution in [0.15, 0.2) is 41.3 Å². The van der Waals surface area contributed by atoms with E-state index in [1.807, 2.05) is 24.3 Å². The SMILES string of the molecule is O=c1ccnc2sc(NCCOCc3ccc(Cl)cc3)nn12. The van der Waals surface area contributed by atoms with Crippen molar-refractivity contribution in [1.29, 1.82) is 0 Å². The van der Waals surface area contributed by atoms with Gasteiger partial charge in [-0.15, -0.1) is 5.10 Å². The van der Waals surface area contributed by atoms with Crippen LogP contribution in [-0.4, -0.2) is 27.7 Å². The minimum Gasteiger partial charge on any atom is -0.375 e. The molecule has 6 nitrogen and oxygen atoms in total. The van der Waals surface area contributed by atoms with Crippen molar-refractivity contribution in [2.75, 3.05) is 18.5 Å². The lowest BCUT2D eigenvalue weighted by Crippen LogP contribution is -2.13. The molecule has 2 heterocycles. The lowest BCUT2D eigenvalue weighted by molar-refractivity contribution is 0.130. The van der Waals surface area contributed by atoms with E-state index in [1.54, 1.807) is 0 Å². The van der Waals surface area contributed by atoms with Gasteiger partial charge in [0.2, 0.25) is 10.1 Å². The number of nitrogens with one attached hydrogen (secondary N) is 1. The van der Waals surface area contributed by atoms with Crippen LogP contribution in [0.4, 0.5) is 5.13 Å².